The van der Waals surface area contributed by atoms with Crippen LogP contribution in [0.1, 0.15) is 74.2 Å². The number of hydrogen-bond acceptors (Lipinski definition) is 2. The molecule has 0 aromatic heterocycles. The summed E-state index contributed by atoms with van der Waals surface area (Å²) in [6.07, 6.45) is 7.41. The van der Waals surface area contributed by atoms with Crippen LogP contribution in [-0.2, 0) is 0 Å². The number of benzene rings is 2. The molecule has 0 amide bonds. The minimum atomic E-state index is 0.0722. The Morgan fingerprint density at radius 1 is 1.04 bits per heavy atom. The number of aryl methyl sites for hydroxylation is 1. The number of rotatable bonds is 7. The summed E-state index contributed by atoms with van der Waals surface area (Å²) in [6.45, 7) is 4.67. The molecule has 0 saturated carbocycles. The van der Waals surface area contributed by atoms with Gasteiger partial charge in [0.15, 0.2) is 0 Å². The SMILES string of the molecule is CCCC[C@@H]1CCC[C@H](c2ccccc2C)N1[C@H](CO)c1ccccc1. The lowest BCUT2D eigenvalue weighted by molar-refractivity contribution is 0.00465. The first kappa shape index (κ1) is 19.1. The summed E-state index contributed by atoms with van der Waals surface area (Å²) in [5, 5.41) is 10.4. The van der Waals surface area contributed by atoms with Crippen molar-refractivity contribution in [3.05, 3.63) is 71.3 Å². The van der Waals surface area contributed by atoms with E-state index in [9.17, 15) is 5.11 Å². The maximum absolute atomic E-state index is 10.4. The molecular weight excluding hydrogens is 318 g/mol. The van der Waals surface area contributed by atoms with Crippen LogP contribution < -0.4 is 0 Å². The van der Waals surface area contributed by atoms with Gasteiger partial charge in [-0.3, -0.25) is 4.90 Å². The number of unbranched alkanes of at least 4 members (excludes halogenated alkanes) is 1. The van der Waals surface area contributed by atoms with Gasteiger partial charge in [0.05, 0.1) is 12.6 Å². The maximum Gasteiger partial charge on any atom is 0.0628 e. The standard InChI is InChI=1S/C24H33NO/c1-3-4-14-21-15-10-17-23(22-16-9-8-11-19(22)2)25(21)24(18-26)20-12-6-5-7-13-20/h5-9,11-13,16,21,23-24,26H,3-4,10,14-15,17-18H2,1-2H3/t21-,23-,24-/m1/s1. The van der Waals surface area contributed by atoms with Crippen LogP contribution in [0.15, 0.2) is 54.6 Å². The Morgan fingerprint density at radius 2 is 1.77 bits per heavy atom. The second kappa shape index (κ2) is 9.34. The molecule has 1 fully saturated rings. The lowest BCUT2D eigenvalue weighted by Crippen LogP contribution is -2.45. The van der Waals surface area contributed by atoms with Gasteiger partial charge in [0.25, 0.3) is 0 Å². The van der Waals surface area contributed by atoms with Crippen molar-refractivity contribution in [2.75, 3.05) is 6.61 Å². The molecule has 3 atom stereocenters. The van der Waals surface area contributed by atoms with Crippen molar-refractivity contribution in [2.24, 2.45) is 0 Å². The average molecular weight is 352 g/mol. The van der Waals surface area contributed by atoms with E-state index in [1.54, 1.807) is 0 Å². The normalized spacial score (nSPS) is 22.3. The third kappa shape index (κ3) is 4.19. The van der Waals surface area contributed by atoms with Crippen molar-refractivity contribution in [3.8, 4) is 0 Å². The summed E-state index contributed by atoms with van der Waals surface area (Å²) in [5.74, 6) is 0. The van der Waals surface area contributed by atoms with Crippen LogP contribution in [0.3, 0.4) is 0 Å². The van der Waals surface area contributed by atoms with Crippen LogP contribution in [0, 0.1) is 6.92 Å². The third-order valence-corrected chi connectivity index (χ3v) is 5.95. The lowest BCUT2D eigenvalue weighted by Gasteiger charge is -2.47. The zero-order chi connectivity index (χ0) is 18.4. The number of hydrogen-bond donors (Lipinski definition) is 1. The monoisotopic (exact) mass is 351 g/mol. The molecule has 1 aliphatic heterocycles. The van der Waals surface area contributed by atoms with E-state index in [1.165, 1.54) is 55.2 Å². The highest BCUT2D eigenvalue weighted by Crippen LogP contribution is 2.42. The summed E-state index contributed by atoms with van der Waals surface area (Å²) in [7, 11) is 0. The Labute approximate surface area is 158 Å². The summed E-state index contributed by atoms with van der Waals surface area (Å²) in [4.78, 5) is 2.65. The Morgan fingerprint density at radius 3 is 2.46 bits per heavy atom. The van der Waals surface area contributed by atoms with Gasteiger partial charge in [0.2, 0.25) is 0 Å². The highest BCUT2D eigenvalue weighted by molar-refractivity contribution is 5.30. The molecule has 1 N–H and O–H groups in total. The predicted octanol–water partition coefficient (Wildman–Crippen LogP) is 5.81. The van der Waals surface area contributed by atoms with Crippen LogP contribution in [0.25, 0.3) is 0 Å². The molecule has 26 heavy (non-hydrogen) atoms. The Kier molecular flexibility index (Phi) is 6.87. The quantitative estimate of drug-likeness (QED) is 0.680. The van der Waals surface area contributed by atoms with Crippen LogP contribution >= 0.6 is 0 Å². The number of piperidine rings is 1. The van der Waals surface area contributed by atoms with Gasteiger partial charge in [-0.25, -0.2) is 0 Å². The van der Waals surface area contributed by atoms with Gasteiger partial charge in [-0.1, -0.05) is 74.4 Å². The van der Waals surface area contributed by atoms with Crippen molar-refractivity contribution < 1.29 is 5.11 Å². The van der Waals surface area contributed by atoms with E-state index in [0.717, 1.165) is 0 Å². The van der Waals surface area contributed by atoms with Gasteiger partial charge < -0.3 is 5.11 Å². The predicted molar refractivity (Wildman–Crippen MR) is 109 cm³/mol. The molecule has 0 spiro atoms. The van der Waals surface area contributed by atoms with Crippen LogP contribution in [0.5, 0.6) is 0 Å². The molecule has 0 bridgehead atoms. The fourth-order valence-corrected chi connectivity index (χ4v) is 4.63. The van der Waals surface area contributed by atoms with Gasteiger partial charge in [0.1, 0.15) is 0 Å². The van der Waals surface area contributed by atoms with Crippen molar-refractivity contribution in [1.29, 1.82) is 0 Å². The highest BCUT2D eigenvalue weighted by atomic mass is 16.3. The van der Waals surface area contributed by atoms with Gasteiger partial charge in [0, 0.05) is 12.1 Å². The van der Waals surface area contributed by atoms with E-state index in [0.29, 0.717) is 12.1 Å². The molecule has 0 radical (unpaired) electrons. The molecule has 2 aromatic carbocycles. The Balaban J connectivity index is 1.99. The molecule has 0 aliphatic carbocycles. The van der Waals surface area contributed by atoms with Crippen molar-refractivity contribution in [3.63, 3.8) is 0 Å². The average Bonchev–Trinajstić information content (AvgIpc) is 2.69. The van der Waals surface area contributed by atoms with E-state index in [4.69, 9.17) is 0 Å². The van der Waals surface area contributed by atoms with Gasteiger partial charge in [-0.15, -0.1) is 0 Å². The minimum absolute atomic E-state index is 0.0722. The number of aliphatic hydroxyl groups is 1. The largest absolute Gasteiger partial charge is 0.394 e. The van der Waals surface area contributed by atoms with E-state index < -0.39 is 0 Å². The molecule has 0 unspecified atom stereocenters. The molecule has 1 aliphatic rings. The van der Waals surface area contributed by atoms with Crippen LogP contribution in [0.2, 0.25) is 0 Å². The first-order valence-electron chi connectivity index (χ1n) is 10.2. The highest BCUT2D eigenvalue weighted by Gasteiger charge is 2.36. The van der Waals surface area contributed by atoms with E-state index >= 15 is 0 Å². The molecule has 1 heterocycles. The van der Waals surface area contributed by atoms with E-state index in [2.05, 4.69) is 73.3 Å². The fraction of sp³-hybridized carbons (Fsp3) is 0.500. The molecule has 2 aromatic rings. The molecular formula is C24H33NO. The number of aliphatic hydroxyl groups excluding tert-OH is 1. The second-order valence-corrected chi connectivity index (χ2v) is 7.66. The Hall–Kier alpha value is -1.64. The van der Waals surface area contributed by atoms with Crippen molar-refractivity contribution in [1.82, 2.24) is 4.90 Å². The lowest BCUT2D eigenvalue weighted by atomic mass is 9.84. The maximum atomic E-state index is 10.4. The van der Waals surface area contributed by atoms with E-state index in [1.807, 2.05) is 0 Å². The zero-order valence-electron chi connectivity index (χ0n) is 16.3. The molecule has 3 rings (SSSR count). The topological polar surface area (TPSA) is 23.5 Å². The molecule has 2 heteroatoms. The van der Waals surface area contributed by atoms with Crippen molar-refractivity contribution >= 4 is 0 Å². The van der Waals surface area contributed by atoms with Gasteiger partial charge >= 0.3 is 0 Å². The molecule has 2 nitrogen and oxygen atoms in total. The summed E-state index contributed by atoms with van der Waals surface area (Å²) in [5.41, 5.74) is 4.03. The van der Waals surface area contributed by atoms with E-state index in [-0.39, 0.29) is 12.6 Å². The fourth-order valence-electron chi connectivity index (χ4n) is 4.63. The summed E-state index contributed by atoms with van der Waals surface area (Å²) in [6, 6.07) is 20.4. The Bertz CT molecular complexity index is 669. The van der Waals surface area contributed by atoms with Crippen molar-refractivity contribution in [2.45, 2.75) is 70.5 Å². The number of likely N-dealkylation sites (tertiary alicyclic amines) is 1. The van der Waals surface area contributed by atoms with Crippen LogP contribution in [-0.4, -0.2) is 22.7 Å². The zero-order valence-corrected chi connectivity index (χ0v) is 16.3. The smallest absolute Gasteiger partial charge is 0.0628 e. The summed E-state index contributed by atoms with van der Waals surface area (Å²) >= 11 is 0. The second-order valence-electron chi connectivity index (χ2n) is 7.66. The van der Waals surface area contributed by atoms with Crippen LogP contribution in [0.4, 0.5) is 0 Å². The summed E-state index contributed by atoms with van der Waals surface area (Å²) < 4.78 is 0. The number of nitrogens with zero attached hydrogens (tertiary/aromatic N) is 1. The minimum Gasteiger partial charge on any atom is -0.394 e. The first-order chi connectivity index (χ1) is 12.8. The van der Waals surface area contributed by atoms with Gasteiger partial charge in [-0.2, -0.15) is 0 Å². The molecule has 140 valence electrons. The van der Waals surface area contributed by atoms with Gasteiger partial charge in [-0.05, 0) is 49.3 Å². The first-order valence-corrected chi connectivity index (χ1v) is 10.2. The molecule has 1 saturated heterocycles. The third-order valence-electron chi connectivity index (χ3n) is 5.95.